The molecule has 0 aromatic heterocycles. The van der Waals surface area contributed by atoms with Crippen molar-refractivity contribution in [2.24, 2.45) is 0 Å². The minimum atomic E-state index is -1.24. The Morgan fingerprint density at radius 2 is 2.00 bits per heavy atom. The summed E-state index contributed by atoms with van der Waals surface area (Å²) in [6, 6.07) is -1.67. The lowest BCUT2D eigenvalue weighted by Gasteiger charge is -2.26. The molecule has 1 fully saturated rings. The number of aliphatic carboxylic acids is 2. The highest BCUT2D eigenvalue weighted by Crippen LogP contribution is 2.21. The predicted molar refractivity (Wildman–Crippen MR) is 72.9 cm³/mol. The number of hydrogen-bond acceptors (Lipinski definition) is 4. The van der Waals surface area contributed by atoms with Crippen molar-refractivity contribution >= 4 is 18.0 Å². The number of carboxylic acids is 2. The average Bonchev–Trinajstić information content (AvgIpc) is 2.88. The van der Waals surface area contributed by atoms with E-state index in [-0.39, 0.29) is 25.5 Å². The van der Waals surface area contributed by atoms with Crippen LogP contribution in [0.5, 0.6) is 0 Å². The maximum Gasteiger partial charge on any atom is 0.326 e. The van der Waals surface area contributed by atoms with Crippen molar-refractivity contribution in [3.63, 3.8) is 0 Å². The largest absolute Gasteiger partial charge is 0.481 e. The standard InChI is InChI=1S/C13H22N2O6/c16-8-2-4-9-3-1-7-15(9)13(21)14-10(12(19)20)5-6-11(17)18/h9-10,16H,1-8H2,(H,14,21)(H,17,18)(H,19,20)/t9?,10-/m0/s1. The summed E-state index contributed by atoms with van der Waals surface area (Å²) in [6.07, 6.45) is 2.49. The summed E-state index contributed by atoms with van der Waals surface area (Å²) in [5, 5.41) is 28.8. The van der Waals surface area contributed by atoms with Crippen LogP contribution in [0, 0.1) is 0 Å². The van der Waals surface area contributed by atoms with Crippen molar-refractivity contribution in [2.45, 2.75) is 50.6 Å². The van der Waals surface area contributed by atoms with Gasteiger partial charge in [-0.15, -0.1) is 0 Å². The van der Waals surface area contributed by atoms with Crippen LogP contribution in [-0.2, 0) is 9.59 Å². The minimum Gasteiger partial charge on any atom is -0.481 e. The van der Waals surface area contributed by atoms with Gasteiger partial charge in [-0.2, -0.15) is 0 Å². The number of carboxylic acid groups (broad SMARTS) is 2. The average molecular weight is 302 g/mol. The molecule has 21 heavy (non-hydrogen) atoms. The number of nitrogens with zero attached hydrogens (tertiary/aromatic N) is 1. The van der Waals surface area contributed by atoms with E-state index in [0.29, 0.717) is 19.4 Å². The van der Waals surface area contributed by atoms with Crippen molar-refractivity contribution in [3.8, 4) is 0 Å². The molecule has 1 heterocycles. The second kappa shape index (κ2) is 8.46. The van der Waals surface area contributed by atoms with Gasteiger partial charge < -0.3 is 25.5 Å². The Bertz CT molecular complexity index is 387. The number of rotatable bonds is 8. The van der Waals surface area contributed by atoms with Crippen molar-refractivity contribution in [2.75, 3.05) is 13.2 Å². The zero-order valence-electron chi connectivity index (χ0n) is 11.8. The fourth-order valence-electron chi connectivity index (χ4n) is 2.49. The van der Waals surface area contributed by atoms with Gasteiger partial charge in [0.2, 0.25) is 0 Å². The number of carbonyl (C=O) groups is 3. The Labute approximate surface area is 122 Å². The normalized spacial score (nSPS) is 19.3. The molecule has 0 saturated carbocycles. The van der Waals surface area contributed by atoms with Crippen LogP contribution >= 0.6 is 0 Å². The van der Waals surface area contributed by atoms with E-state index in [2.05, 4.69) is 5.32 Å². The van der Waals surface area contributed by atoms with Crippen molar-refractivity contribution in [1.29, 1.82) is 0 Å². The number of aliphatic hydroxyl groups excluding tert-OH is 1. The third-order valence-electron chi connectivity index (χ3n) is 3.58. The van der Waals surface area contributed by atoms with E-state index in [9.17, 15) is 14.4 Å². The summed E-state index contributed by atoms with van der Waals surface area (Å²) in [7, 11) is 0. The molecule has 120 valence electrons. The van der Waals surface area contributed by atoms with Crippen molar-refractivity contribution in [1.82, 2.24) is 10.2 Å². The van der Waals surface area contributed by atoms with Crippen LogP contribution in [0.1, 0.15) is 38.5 Å². The van der Waals surface area contributed by atoms with E-state index in [0.717, 1.165) is 12.8 Å². The Kier molecular flexibility index (Phi) is 6.93. The SMILES string of the molecule is O=C(O)CC[C@H](NC(=O)N1CCCC1CCCO)C(=O)O. The second-order valence-electron chi connectivity index (χ2n) is 5.13. The molecule has 0 bridgehead atoms. The van der Waals surface area contributed by atoms with Gasteiger partial charge in [-0.25, -0.2) is 9.59 Å². The first-order chi connectivity index (χ1) is 9.95. The third kappa shape index (κ3) is 5.58. The zero-order chi connectivity index (χ0) is 15.8. The van der Waals surface area contributed by atoms with Crippen LogP contribution < -0.4 is 5.32 Å². The lowest BCUT2D eigenvalue weighted by atomic mass is 10.1. The second-order valence-corrected chi connectivity index (χ2v) is 5.13. The summed E-state index contributed by atoms with van der Waals surface area (Å²) >= 11 is 0. The third-order valence-corrected chi connectivity index (χ3v) is 3.58. The van der Waals surface area contributed by atoms with Crippen LogP contribution in [0.2, 0.25) is 0 Å². The van der Waals surface area contributed by atoms with E-state index in [1.165, 1.54) is 0 Å². The minimum absolute atomic E-state index is 0.00562. The summed E-state index contributed by atoms with van der Waals surface area (Å²) < 4.78 is 0. The molecular formula is C13H22N2O6. The van der Waals surface area contributed by atoms with Crippen LogP contribution in [0.15, 0.2) is 0 Å². The summed E-state index contributed by atoms with van der Waals surface area (Å²) in [4.78, 5) is 35.3. The maximum absolute atomic E-state index is 12.1. The summed E-state index contributed by atoms with van der Waals surface area (Å²) in [5.74, 6) is -2.34. The molecule has 1 aliphatic heterocycles. The molecule has 8 nitrogen and oxygen atoms in total. The van der Waals surface area contributed by atoms with Gasteiger partial charge in [0.25, 0.3) is 0 Å². The lowest BCUT2D eigenvalue weighted by molar-refractivity contribution is -0.140. The molecule has 1 rings (SSSR count). The van der Waals surface area contributed by atoms with E-state index in [1.54, 1.807) is 4.90 Å². The van der Waals surface area contributed by atoms with Crippen LogP contribution in [-0.4, -0.2) is 63.4 Å². The van der Waals surface area contributed by atoms with Gasteiger partial charge in [0.1, 0.15) is 6.04 Å². The van der Waals surface area contributed by atoms with Crippen LogP contribution in [0.25, 0.3) is 0 Å². The number of amides is 2. The molecule has 1 aliphatic rings. The summed E-state index contributed by atoms with van der Waals surface area (Å²) in [6.45, 7) is 0.607. The fraction of sp³-hybridized carbons (Fsp3) is 0.769. The van der Waals surface area contributed by atoms with Crippen LogP contribution in [0.4, 0.5) is 4.79 Å². The van der Waals surface area contributed by atoms with Crippen molar-refractivity contribution in [3.05, 3.63) is 0 Å². The first-order valence-electron chi connectivity index (χ1n) is 7.08. The van der Waals surface area contributed by atoms with E-state index in [4.69, 9.17) is 15.3 Å². The highest BCUT2D eigenvalue weighted by Gasteiger charge is 2.31. The van der Waals surface area contributed by atoms with Gasteiger partial charge in [0.15, 0.2) is 0 Å². The lowest BCUT2D eigenvalue weighted by Crippen LogP contribution is -2.49. The first-order valence-corrected chi connectivity index (χ1v) is 7.08. The molecule has 4 N–H and O–H groups in total. The maximum atomic E-state index is 12.1. The fourth-order valence-corrected chi connectivity index (χ4v) is 2.49. The Hall–Kier alpha value is -1.83. The molecule has 0 aromatic rings. The van der Waals surface area contributed by atoms with Gasteiger partial charge in [-0.3, -0.25) is 4.79 Å². The highest BCUT2D eigenvalue weighted by molar-refractivity contribution is 5.83. The molecule has 2 atom stereocenters. The Morgan fingerprint density at radius 1 is 1.29 bits per heavy atom. The number of likely N-dealkylation sites (tertiary alicyclic amines) is 1. The van der Waals surface area contributed by atoms with Gasteiger partial charge in [0.05, 0.1) is 0 Å². The highest BCUT2D eigenvalue weighted by atomic mass is 16.4. The number of urea groups is 1. The van der Waals surface area contributed by atoms with E-state index < -0.39 is 24.0 Å². The zero-order valence-corrected chi connectivity index (χ0v) is 11.8. The quantitative estimate of drug-likeness (QED) is 0.509. The summed E-state index contributed by atoms with van der Waals surface area (Å²) in [5.41, 5.74) is 0. The molecule has 0 aromatic carbocycles. The van der Waals surface area contributed by atoms with Gasteiger partial charge >= 0.3 is 18.0 Å². The molecule has 8 heteroatoms. The molecule has 0 radical (unpaired) electrons. The number of nitrogens with one attached hydrogen (secondary N) is 1. The van der Waals surface area contributed by atoms with E-state index in [1.807, 2.05) is 0 Å². The predicted octanol–water partition coefficient (Wildman–Crippen LogP) is 0.251. The van der Waals surface area contributed by atoms with Gasteiger partial charge in [-0.1, -0.05) is 0 Å². The number of hydrogen-bond donors (Lipinski definition) is 4. The molecule has 0 aliphatic carbocycles. The molecule has 1 saturated heterocycles. The molecule has 0 spiro atoms. The Morgan fingerprint density at radius 3 is 2.57 bits per heavy atom. The van der Waals surface area contributed by atoms with Gasteiger partial charge in [0, 0.05) is 25.6 Å². The molecule has 1 unspecified atom stereocenters. The molecular weight excluding hydrogens is 280 g/mol. The number of aliphatic hydroxyl groups is 1. The van der Waals surface area contributed by atoms with E-state index >= 15 is 0 Å². The topological polar surface area (TPSA) is 127 Å². The molecule has 2 amide bonds. The number of carbonyl (C=O) groups excluding carboxylic acids is 1. The first kappa shape index (κ1) is 17.2. The monoisotopic (exact) mass is 302 g/mol. The Balaban J connectivity index is 2.55. The van der Waals surface area contributed by atoms with Crippen molar-refractivity contribution < 1.29 is 29.7 Å². The van der Waals surface area contributed by atoms with Crippen LogP contribution in [0.3, 0.4) is 0 Å². The smallest absolute Gasteiger partial charge is 0.326 e. The van der Waals surface area contributed by atoms with Gasteiger partial charge in [-0.05, 0) is 32.1 Å².